The summed E-state index contributed by atoms with van der Waals surface area (Å²) in [7, 11) is 0. The summed E-state index contributed by atoms with van der Waals surface area (Å²) in [5.41, 5.74) is 0. The summed E-state index contributed by atoms with van der Waals surface area (Å²) in [4.78, 5) is 57.5. The average molecular weight is 513 g/mol. The first-order chi connectivity index (χ1) is 15.4. The lowest BCUT2D eigenvalue weighted by Gasteiger charge is -2.18. The highest BCUT2D eigenvalue weighted by Crippen LogP contribution is 2.42. The molecule has 4 heterocycles. The number of hydrogen-bond donors (Lipinski definition) is 0. The van der Waals surface area contributed by atoms with Gasteiger partial charge in [-0.1, -0.05) is 48.0 Å². The van der Waals surface area contributed by atoms with Crippen LogP contribution in [0.15, 0.2) is 9.81 Å². The largest absolute Gasteiger partial charge is 0.343 e. The minimum atomic E-state index is -0.358. The number of amides is 4. The summed E-state index contributed by atoms with van der Waals surface area (Å²) in [6.07, 6.45) is 4.46. The molecule has 8 nitrogen and oxygen atoms in total. The van der Waals surface area contributed by atoms with Crippen LogP contribution in [0.4, 0.5) is 0 Å². The van der Waals surface area contributed by atoms with Crippen molar-refractivity contribution in [1.29, 1.82) is 0 Å². The van der Waals surface area contributed by atoms with Crippen molar-refractivity contribution >= 4 is 80.2 Å². The summed E-state index contributed by atoms with van der Waals surface area (Å²) >= 11 is 12.9. The van der Waals surface area contributed by atoms with Crippen LogP contribution in [0.5, 0.6) is 0 Å². The van der Waals surface area contributed by atoms with Gasteiger partial charge >= 0.3 is 0 Å². The van der Waals surface area contributed by atoms with Crippen molar-refractivity contribution in [1.82, 2.24) is 19.6 Å². The minimum absolute atomic E-state index is 0.0190. The van der Waals surface area contributed by atoms with Gasteiger partial charge in [-0.05, 0) is 25.7 Å². The van der Waals surface area contributed by atoms with Crippen molar-refractivity contribution in [3.63, 3.8) is 0 Å². The van der Waals surface area contributed by atoms with Gasteiger partial charge in [0.15, 0.2) is 0 Å². The summed E-state index contributed by atoms with van der Waals surface area (Å²) in [5.74, 6) is -0.679. The fourth-order valence-electron chi connectivity index (χ4n) is 4.12. The topological polar surface area (TPSA) is 81.2 Å². The summed E-state index contributed by atoms with van der Waals surface area (Å²) in [6.45, 7) is 3.46. The summed E-state index contributed by atoms with van der Waals surface area (Å²) < 4.78 is 0.683. The third-order valence-electron chi connectivity index (χ3n) is 5.92. The Labute approximate surface area is 206 Å². The van der Waals surface area contributed by atoms with Crippen LogP contribution in [0.3, 0.4) is 0 Å². The summed E-state index contributed by atoms with van der Waals surface area (Å²) in [5, 5.41) is 0. The normalized spacial score (nSPS) is 24.0. The molecule has 0 N–H and O–H groups in total. The second kappa shape index (κ2) is 10.2. The Morgan fingerprint density at radius 2 is 1.03 bits per heavy atom. The Morgan fingerprint density at radius 3 is 1.38 bits per heavy atom. The van der Waals surface area contributed by atoms with Crippen LogP contribution in [0.1, 0.15) is 38.5 Å². The third kappa shape index (κ3) is 4.87. The van der Waals surface area contributed by atoms with Crippen LogP contribution >= 0.6 is 48.0 Å². The number of nitrogens with zero attached hydrogens (tertiary/aromatic N) is 4. The van der Waals surface area contributed by atoms with Gasteiger partial charge in [0.05, 0.1) is 9.81 Å². The molecule has 4 aliphatic rings. The average Bonchev–Trinajstić information content (AvgIpc) is 3.55. The van der Waals surface area contributed by atoms with Gasteiger partial charge in [0.2, 0.25) is 11.8 Å². The van der Waals surface area contributed by atoms with Crippen LogP contribution < -0.4 is 0 Å². The van der Waals surface area contributed by atoms with Crippen molar-refractivity contribution in [2.75, 3.05) is 39.3 Å². The maximum Gasteiger partial charge on any atom is 0.267 e. The van der Waals surface area contributed by atoms with E-state index >= 15 is 0 Å². The van der Waals surface area contributed by atoms with Crippen molar-refractivity contribution in [3.8, 4) is 0 Å². The SMILES string of the molecule is O=C(CCN1C(=O)C(=C2SC(=S)N(CCC(=O)N3CCCC3)C2=O)SC1=S)N1CCCC1. The predicted octanol–water partition coefficient (Wildman–Crippen LogP) is 1.94. The Bertz CT molecular complexity index is 837. The molecule has 0 aromatic carbocycles. The molecule has 0 aromatic rings. The molecule has 0 aromatic heterocycles. The van der Waals surface area contributed by atoms with E-state index in [1.54, 1.807) is 0 Å². The lowest BCUT2D eigenvalue weighted by atomic mass is 10.3. The number of carbonyl (C=O) groups is 4. The van der Waals surface area contributed by atoms with E-state index in [4.69, 9.17) is 24.4 Å². The van der Waals surface area contributed by atoms with Crippen molar-refractivity contribution in [2.24, 2.45) is 0 Å². The predicted molar refractivity (Wildman–Crippen MR) is 132 cm³/mol. The first kappa shape index (κ1) is 23.7. The molecule has 32 heavy (non-hydrogen) atoms. The second-order valence-corrected chi connectivity index (χ2v) is 11.3. The van der Waals surface area contributed by atoms with E-state index in [2.05, 4.69) is 0 Å². The molecule has 4 rings (SSSR count). The van der Waals surface area contributed by atoms with Crippen LogP contribution in [-0.4, -0.2) is 91.1 Å². The molecule has 12 heteroatoms. The molecule has 4 fully saturated rings. The van der Waals surface area contributed by atoms with E-state index < -0.39 is 0 Å². The zero-order chi connectivity index (χ0) is 22.8. The zero-order valence-corrected chi connectivity index (χ0v) is 20.8. The van der Waals surface area contributed by atoms with Crippen molar-refractivity contribution in [2.45, 2.75) is 38.5 Å². The highest BCUT2D eigenvalue weighted by molar-refractivity contribution is 8.29. The van der Waals surface area contributed by atoms with E-state index in [0.29, 0.717) is 8.64 Å². The molecule has 4 aliphatic heterocycles. The first-order valence-electron chi connectivity index (χ1n) is 10.7. The van der Waals surface area contributed by atoms with E-state index in [-0.39, 0.29) is 59.4 Å². The fourth-order valence-corrected chi connectivity index (χ4v) is 6.89. The van der Waals surface area contributed by atoms with Crippen LogP contribution in [0, 0.1) is 0 Å². The molecular formula is C20H24N4O4S4. The van der Waals surface area contributed by atoms with Crippen molar-refractivity contribution < 1.29 is 19.2 Å². The maximum absolute atomic E-state index is 13.0. The van der Waals surface area contributed by atoms with Gasteiger partial charge in [-0.25, -0.2) is 0 Å². The van der Waals surface area contributed by atoms with Crippen LogP contribution in [0.25, 0.3) is 0 Å². The van der Waals surface area contributed by atoms with Gasteiger partial charge in [0, 0.05) is 52.1 Å². The lowest BCUT2D eigenvalue weighted by Crippen LogP contribution is -2.35. The van der Waals surface area contributed by atoms with Crippen LogP contribution in [-0.2, 0) is 19.2 Å². The Hall–Kier alpha value is -1.50. The van der Waals surface area contributed by atoms with E-state index in [1.165, 1.54) is 9.80 Å². The molecule has 4 saturated heterocycles. The van der Waals surface area contributed by atoms with E-state index in [1.807, 2.05) is 9.80 Å². The van der Waals surface area contributed by atoms with Gasteiger partial charge in [-0.2, -0.15) is 0 Å². The lowest BCUT2D eigenvalue weighted by molar-refractivity contribution is -0.132. The van der Waals surface area contributed by atoms with Gasteiger partial charge < -0.3 is 9.80 Å². The molecule has 0 radical (unpaired) electrons. The van der Waals surface area contributed by atoms with Gasteiger partial charge in [-0.15, -0.1) is 0 Å². The molecule has 0 bridgehead atoms. The molecule has 0 aliphatic carbocycles. The quantitative estimate of drug-likeness (QED) is 0.395. The third-order valence-corrected chi connectivity index (χ3v) is 8.95. The number of hydrogen-bond acceptors (Lipinski definition) is 8. The van der Waals surface area contributed by atoms with Gasteiger partial charge in [-0.3, -0.25) is 29.0 Å². The van der Waals surface area contributed by atoms with E-state index in [9.17, 15) is 19.2 Å². The van der Waals surface area contributed by atoms with E-state index in [0.717, 1.165) is 75.4 Å². The number of thioether (sulfide) groups is 2. The first-order valence-corrected chi connectivity index (χ1v) is 13.2. The molecule has 0 saturated carbocycles. The minimum Gasteiger partial charge on any atom is -0.343 e. The van der Waals surface area contributed by atoms with Crippen LogP contribution in [0.2, 0.25) is 0 Å². The van der Waals surface area contributed by atoms with Crippen molar-refractivity contribution in [3.05, 3.63) is 9.81 Å². The fraction of sp³-hybridized carbons (Fsp3) is 0.600. The molecule has 0 unspecified atom stereocenters. The van der Waals surface area contributed by atoms with Gasteiger partial charge in [0.25, 0.3) is 11.8 Å². The molecule has 0 spiro atoms. The molecule has 172 valence electrons. The number of thiocarbonyl (C=S) groups is 2. The Kier molecular flexibility index (Phi) is 7.53. The number of carbonyl (C=O) groups excluding carboxylic acids is 4. The number of rotatable bonds is 6. The van der Waals surface area contributed by atoms with Gasteiger partial charge in [0.1, 0.15) is 8.64 Å². The Balaban J connectivity index is 1.38. The molecule has 0 atom stereocenters. The number of likely N-dealkylation sites (tertiary alicyclic amines) is 2. The highest BCUT2D eigenvalue weighted by atomic mass is 32.2. The maximum atomic E-state index is 13.0. The standard InChI is InChI=1S/C20H24N4O4S4/c25-13(21-7-1-2-8-21)5-11-23-17(27)15(31-19(23)29)16-18(28)24(20(30)32-16)12-6-14(26)22-9-3-4-10-22/h1-12H2. The second-order valence-electron chi connectivity index (χ2n) is 7.98. The monoisotopic (exact) mass is 512 g/mol. The Morgan fingerprint density at radius 1 is 0.688 bits per heavy atom. The summed E-state index contributed by atoms with van der Waals surface area (Å²) in [6, 6.07) is 0. The molecule has 4 amide bonds. The smallest absolute Gasteiger partial charge is 0.267 e. The molecular weight excluding hydrogens is 489 g/mol. The zero-order valence-electron chi connectivity index (χ0n) is 17.5. The highest BCUT2D eigenvalue weighted by Gasteiger charge is 2.42.